The van der Waals surface area contributed by atoms with Crippen LogP contribution in [0.25, 0.3) is 0 Å². The van der Waals surface area contributed by atoms with Gasteiger partial charge in [-0.3, -0.25) is 0 Å². The number of nitrogens with two attached hydrogens (primary N) is 1. The summed E-state index contributed by atoms with van der Waals surface area (Å²) in [6.45, 7) is 0. The van der Waals surface area contributed by atoms with Gasteiger partial charge < -0.3 is 5.73 Å². The van der Waals surface area contributed by atoms with E-state index in [-0.39, 0.29) is 18.4 Å². The maximum Gasteiger partial charge on any atom is 0.0453 e. The van der Waals surface area contributed by atoms with Crippen LogP contribution in [-0.2, 0) is 6.42 Å². The summed E-state index contributed by atoms with van der Waals surface area (Å²) in [6.07, 6.45) is 0.666. The molecule has 0 bridgehead atoms. The molecular formula is C12H12Cl3NS. The van der Waals surface area contributed by atoms with E-state index in [1.165, 1.54) is 0 Å². The maximum absolute atomic E-state index is 6.10. The highest BCUT2D eigenvalue weighted by molar-refractivity contribution is 7.10. The summed E-state index contributed by atoms with van der Waals surface area (Å²) in [5.41, 5.74) is 7.03. The van der Waals surface area contributed by atoms with Crippen molar-refractivity contribution in [1.29, 1.82) is 0 Å². The molecule has 1 aromatic carbocycles. The van der Waals surface area contributed by atoms with Gasteiger partial charge in [-0.15, -0.1) is 23.7 Å². The summed E-state index contributed by atoms with van der Waals surface area (Å²) in [6, 6.07) is 9.49. The van der Waals surface area contributed by atoms with Crippen LogP contribution in [-0.4, -0.2) is 0 Å². The summed E-state index contributed by atoms with van der Waals surface area (Å²) >= 11 is 13.8. The van der Waals surface area contributed by atoms with E-state index < -0.39 is 0 Å². The second kappa shape index (κ2) is 6.62. The van der Waals surface area contributed by atoms with Gasteiger partial charge in [-0.1, -0.05) is 35.3 Å². The number of rotatable bonds is 3. The smallest absolute Gasteiger partial charge is 0.0453 e. The van der Waals surface area contributed by atoms with Crippen LogP contribution in [0.5, 0.6) is 0 Å². The molecule has 5 heteroatoms. The van der Waals surface area contributed by atoms with E-state index in [0.29, 0.717) is 16.5 Å². The largest absolute Gasteiger partial charge is 0.323 e. The Morgan fingerprint density at radius 2 is 1.76 bits per heavy atom. The van der Waals surface area contributed by atoms with E-state index in [9.17, 15) is 0 Å². The third-order valence-electron chi connectivity index (χ3n) is 2.39. The first-order valence-corrected chi connectivity index (χ1v) is 6.54. The Morgan fingerprint density at radius 1 is 1.12 bits per heavy atom. The Hall–Kier alpha value is -0.250. The van der Waals surface area contributed by atoms with Crippen molar-refractivity contribution in [1.82, 2.24) is 0 Å². The van der Waals surface area contributed by atoms with Crippen molar-refractivity contribution in [2.75, 3.05) is 0 Å². The lowest BCUT2D eigenvalue weighted by Gasteiger charge is -2.12. The van der Waals surface area contributed by atoms with E-state index in [1.807, 2.05) is 35.7 Å². The topological polar surface area (TPSA) is 26.0 Å². The Morgan fingerprint density at radius 3 is 2.29 bits per heavy atom. The molecule has 0 saturated heterocycles. The number of halogens is 3. The van der Waals surface area contributed by atoms with Crippen molar-refractivity contribution in [2.24, 2.45) is 5.73 Å². The Labute approximate surface area is 121 Å². The Kier molecular flexibility index (Phi) is 5.77. The molecule has 1 nitrogen and oxygen atoms in total. The third-order valence-corrected chi connectivity index (χ3v) is 4.11. The molecule has 1 aromatic heterocycles. The van der Waals surface area contributed by atoms with Gasteiger partial charge in [0, 0.05) is 21.0 Å². The quantitative estimate of drug-likeness (QED) is 0.872. The van der Waals surface area contributed by atoms with Crippen molar-refractivity contribution < 1.29 is 0 Å². The van der Waals surface area contributed by atoms with E-state index >= 15 is 0 Å². The van der Waals surface area contributed by atoms with Crippen LogP contribution in [0.2, 0.25) is 10.0 Å². The molecule has 92 valence electrons. The third kappa shape index (κ3) is 3.60. The molecule has 0 spiro atoms. The van der Waals surface area contributed by atoms with E-state index in [0.717, 1.165) is 10.4 Å². The molecule has 1 atom stereocenters. The van der Waals surface area contributed by atoms with Gasteiger partial charge in [0.1, 0.15) is 0 Å². The summed E-state index contributed by atoms with van der Waals surface area (Å²) in [5.74, 6) is 0. The van der Waals surface area contributed by atoms with Crippen LogP contribution in [0.1, 0.15) is 16.5 Å². The average Bonchev–Trinajstić information content (AvgIpc) is 2.76. The minimum Gasteiger partial charge on any atom is -0.323 e. The number of benzene rings is 1. The molecular weight excluding hydrogens is 297 g/mol. The summed E-state index contributed by atoms with van der Waals surface area (Å²) < 4.78 is 0. The molecule has 0 fully saturated rings. The predicted molar refractivity (Wildman–Crippen MR) is 78.7 cm³/mol. The fourth-order valence-corrected chi connectivity index (χ4v) is 2.83. The number of hydrogen-bond acceptors (Lipinski definition) is 2. The Balaban J connectivity index is 0.00000144. The highest BCUT2D eigenvalue weighted by Crippen LogP contribution is 2.29. The zero-order valence-corrected chi connectivity index (χ0v) is 12.0. The lowest BCUT2D eigenvalue weighted by atomic mass is 10.1. The van der Waals surface area contributed by atoms with Gasteiger partial charge in [0.05, 0.1) is 0 Å². The molecule has 0 saturated carbocycles. The van der Waals surface area contributed by atoms with E-state index in [4.69, 9.17) is 28.9 Å². The lowest BCUT2D eigenvalue weighted by Crippen LogP contribution is -2.12. The second-order valence-corrected chi connectivity index (χ2v) is 5.32. The van der Waals surface area contributed by atoms with Gasteiger partial charge in [0.15, 0.2) is 0 Å². The minimum absolute atomic E-state index is 0. The second-order valence-electron chi connectivity index (χ2n) is 3.53. The van der Waals surface area contributed by atoms with Crippen molar-refractivity contribution >= 4 is 46.9 Å². The predicted octanol–water partition coefficient (Wildman–Crippen LogP) is 4.72. The van der Waals surface area contributed by atoms with E-state index in [1.54, 1.807) is 11.3 Å². The molecule has 0 aliphatic carbocycles. The zero-order chi connectivity index (χ0) is 11.5. The molecule has 0 radical (unpaired) electrons. The maximum atomic E-state index is 6.10. The van der Waals surface area contributed by atoms with Gasteiger partial charge in [0.25, 0.3) is 0 Å². The molecule has 2 aromatic rings. The number of hydrogen-bond donors (Lipinski definition) is 1. The lowest BCUT2D eigenvalue weighted by molar-refractivity contribution is 0.737. The summed E-state index contributed by atoms with van der Waals surface area (Å²) in [5, 5.41) is 3.38. The van der Waals surface area contributed by atoms with Gasteiger partial charge >= 0.3 is 0 Å². The fourth-order valence-electron chi connectivity index (χ4n) is 1.55. The monoisotopic (exact) mass is 307 g/mol. The molecule has 1 heterocycles. The normalized spacial score (nSPS) is 11.9. The minimum atomic E-state index is -0.0441. The molecule has 0 amide bonds. The first kappa shape index (κ1) is 14.8. The standard InChI is InChI=1S/C12H11Cl2NS.ClH/c13-9-3-1-4-10(14)8(9)7-11(15)12-5-2-6-16-12;/h1-6,11H,7,15H2;1H. The first-order chi connectivity index (χ1) is 7.68. The van der Waals surface area contributed by atoms with Crippen molar-refractivity contribution in [2.45, 2.75) is 12.5 Å². The van der Waals surface area contributed by atoms with Crippen LogP contribution in [0.4, 0.5) is 0 Å². The van der Waals surface area contributed by atoms with Gasteiger partial charge in [0.2, 0.25) is 0 Å². The summed E-state index contributed by atoms with van der Waals surface area (Å²) in [7, 11) is 0. The van der Waals surface area contributed by atoms with Crippen LogP contribution < -0.4 is 5.73 Å². The van der Waals surface area contributed by atoms with Crippen LogP contribution >= 0.6 is 46.9 Å². The molecule has 0 aliphatic rings. The molecule has 2 rings (SSSR count). The van der Waals surface area contributed by atoms with Crippen LogP contribution in [0.3, 0.4) is 0 Å². The van der Waals surface area contributed by atoms with Crippen molar-refractivity contribution in [3.63, 3.8) is 0 Å². The fraction of sp³-hybridized carbons (Fsp3) is 0.167. The van der Waals surface area contributed by atoms with E-state index in [2.05, 4.69) is 0 Å². The van der Waals surface area contributed by atoms with Crippen molar-refractivity contribution in [3.05, 3.63) is 56.2 Å². The average molecular weight is 309 g/mol. The molecule has 2 N–H and O–H groups in total. The molecule has 0 aliphatic heterocycles. The van der Waals surface area contributed by atoms with Gasteiger partial charge in [-0.2, -0.15) is 0 Å². The SMILES string of the molecule is Cl.NC(Cc1c(Cl)cccc1Cl)c1cccs1. The Bertz CT molecular complexity index is 450. The summed E-state index contributed by atoms with van der Waals surface area (Å²) in [4.78, 5) is 1.15. The highest BCUT2D eigenvalue weighted by atomic mass is 35.5. The van der Waals surface area contributed by atoms with Gasteiger partial charge in [-0.25, -0.2) is 0 Å². The molecule has 17 heavy (non-hydrogen) atoms. The van der Waals surface area contributed by atoms with Crippen LogP contribution in [0, 0.1) is 0 Å². The van der Waals surface area contributed by atoms with Crippen molar-refractivity contribution in [3.8, 4) is 0 Å². The van der Waals surface area contributed by atoms with Gasteiger partial charge in [-0.05, 0) is 35.6 Å². The highest BCUT2D eigenvalue weighted by Gasteiger charge is 2.12. The molecule has 1 unspecified atom stereocenters. The zero-order valence-electron chi connectivity index (χ0n) is 8.90. The number of thiophene rings is 1. The van der Waals surface area contributed by atoms with Crippen LogP contribution in [0.15, 0.2) is 35.7 Å². The first-order valence-electron chi connectivity index (χ1n) is 4.90.